The maximum Gasteiger partial charge on any atom is 0.264 e. The molecule has 0 fully saturated rings. The second kappa shape index (κ2) is 14.2. The van der Waals surface area contributed by atoms with E-state index in [0.717, 1.165) is 9.21 Å². The van der Waals surface area contributed by atoms with Crippen LogP contribution in [0.25, 0.3) is 0 Å². The fourth-order valence-electron chi connectivity index (χ4n) is 4.03. The molecule has 0 aliphatic rings. The fraction of sp³-hybridized carbons (Fsp3) is 0.310. The molecule has 0 unspecified atom stereocenters. The molecule has 3 rings (SSSR count). The molecule has 3 aromatic rings. The lowest BCUT2D eigenvalue weighted by Crippen LogP contribution is -2.51. The van der Waals surface area contributed by atoms with Crippen molar-refractivity contribution in [3.05, 3.63) is 83.1 Å². The Kier molecular flexibility index (Phi) is 11.0. The first-order chi connectivity index (χ1) is 19.5. The average molecular weight is 606 g/mol. The Morgan fingerprint density at radius 1 is 1.00 bits per heavy atom. The number of rotatable bonds is 13. The summed E-state index contributed by atoms with van der Waals surface area (Å²) >= 11 is 6.05. The van der Waals surface area contributed by atoms with Crippen LogP contribution in [0.15, 0.2) is 71.6 Å². The molecule has 0 aliphatic carbocycles. The summed E-state index contributed by atoms with van der Waals surface area (Å²) in [6, 6.07) is 14.9. The standard InChI is InChI=1S/C29H33ClFN3O6S/c1-5-16-32-29(36)20(2)33(18-21-8-6-7-9-25(21)31)28(35)19-34(23-12-10-22(30)11-13-23)41(37,38)24-14-15-26(39-3)27(17-24)40-4/h6-15,17,20H,5,16,18-19H2,1-4H3,(H,32,36)/t20-/m1/s1. The van der Waals surface area contributed by atoms with Crippen LogP contribution in [0.1, 0.15) is 25.8 Å². The largest absolute Gasteiger partial charge is 0.493 e. The van der Waals surface area contributed by atoms with E-state index in [1.807, 2.05) is 6.92 Å². The predicted molar refractivity (Wildman–Crippen MR) is 155 cm³/mol. The van der Waals surface area contributed by atoms with Gasteiger partial charge in [0.15, 0.2) is 11.5 Å². The Bertz CT molecular complexity index is 1470. The van der Waals surface area contributed by atoms with E-state index in [-0.39, 0.29) is 28.4 Å². The number of methoxy groups -OCH3 is 2. The first-order valence-corrected chi connectivity index (χ1v) is 14.7. The minimum atomic E-state index is -4.36. The molecule has 12 heteroatoms. The summed E-state index contributed by atoms with van der Waals surface area (Å²) in [5.74, 6) is -1.22. The number of ether oxygens (including phenoxy) is 2. The van der Waals surface area contributed by atoms with Crippen LogP contribution in [0.4, 0.5) is 10.1 Å². The third-order valence-electron chi connectivity index (χ3n) is 6.35. The smallest absolute Gasteiger partial charge is 0.264 e. The first kappa shape index (κ1) is 31.7. The van der Waals surface area contributed by atoms with Crippen molar-refractivity contribution in [2.45, 2.75) is 37.8 Å². The number of amides is 2. The number of hydrogen-bond acceptors (Lipinski definition) is 6. The van der Waals surface area contributed by atoms with E-state index in [0.29, 0.717) is 23.7 Å². The molecule has 41 heavy (non-hydrogen) atoms. The molecule has 0 bridgehead atoms. The van der Waals surface area contributed by atoms with Crippen molar-refractivity contribution in [2.75, 3.05) is 31.6 Å². The first-order valence-electron chi connectivity index (χ1n) is 12.8. The Morgan fingerprint density at radius 3 is 2.27 bits per heavy atom. The maximum absolute atomic E-state index is 14.6. The van der Waals surface area contributed by atoms with Gasteiger partial charge in [0.2, 0.25) is 11.8 Å². The summed E-state index contributed by atoms with van der Waals surface area (Å²) < 4.78 is 54.0. The highest BCUT2D eigenvalue weighted by Gasteiger charge is 2.33. The minimum Gasteiger partial charge on any atom is -0.493 e. The van der Waals surface area contributed by atoms with Crippen LogP contribution < -0.4 is 19.1 Å². The topological polar surface area (TPSA) is 105 Å². The van der Waals surface area contributed by atoms with E-state index in [1.54, 1.807) is 6.07 Å². The zero-order valence-electron chi connectivity index (χ0n) is 23.3. The number of anilines is 1. The van der Waals surface area contributed by atoms with Crippen molar-refractivity contribution in [3.63, 3.8) is 0 Å². The van der Waals surface area contributed by atoms with Crippen molar-refractivity contribution in [2.24, 2.45) is 0 Å². The second-order valence-corrected chi connectivity index (χ2v) is 11.4. The van der Waals surface area contributed by atoms with Crippen molar-refractivity contribution in [1.29, 1.82) is 0 Å². The summed E-state index contributed by atoms with van der Waals surface area (Å²) in [6.45, 7) is 2.85. The number of benzene rings is 3. The van der Waals surface area contributed by atoms with Crippen molar-refractivity contribution >= 4 is 39.1 Å². The maximum atomic E-state index is 14.6. The lowest BCUT2D eigenvalue weighted by atomic mass is 10.1. The van der Waals surface area contributed by atoms with Gasteiger partial charge in [0.1, 0.15) is 18.4 Å². The molecule has 9 nitrogen and oxygen atoms in total. The summed E-state index contributed by atoms with van der Waals surface area (Å²) in [7, 11) is -1.56. The van der Waals surface area contributed by atoms with E-state index in [2.05, 4.69) is 5.32 Å². The predicted octanol–water partition coefficient (Wildman–Crippen LogP) is 4.64. The third kappa shape index (κ3) is 7.68. The average Bonchev–Trinajstić information content (AvgIpc) is 2.97. The van der Waals surface area contributed by atoms with Gasteiger partial charge in [0, 0.05) is 29.7 Å². The minimum absolute atomic E-state index is 0.159. The van der Waals surface area contributed by atoms with Crippen LogP contribution in [0.5, 0.6) is 11.5 Å². The number of nitrogens with one attached hydrogen (secondary N) is 1. The number of carbonyl (C=O) groups excluding carboxylic acids is 2. The normalized spacial score (nSPS) is 11.9. The molecular formula is C29H33ClFN3O6S. The van der Waals surface area contributed by atoms with E-state index < -0.39 is 40.2 Å². The highest BCUT2D eigenvalue weighted by atomic mass is 35.5. The zero-order chi connectivity index (χ0) is 30.2. The van der Waals surface area contributed by atoms with Gasteiger partial charge in [-0.3, -0.25) is 13.9 Å². The summed E-state index contributed by atoms with van der Waals surface area (Å²) in [5.41, 5.74) is 0.336. The molecule has 220 valence electrons. The van der Waals surface area contributed by atoms with Crippen LogP contribution >= 0.6 is 11.6 Å². The van der Waals surface area contributed by atoms with Crippen LogP contribution in [-0.2, 0) is 26.2 Å². The molecule has 2 amide bonds. The summed E-state index contributed by atoms with van der Waals surface area (Å²) in [6.07, 6.45) is 0.674. The van der Waals surface area contributed by atoms with E-state index in [4.69, 9.17) is 21.1 Å². The molecule has 0 saturated heterocycles. The zero-order valence-corrected chi connectivity index (χ0v) is 24.8. The summed E-state index contributed by atoms with van der Waals surface area (Å²) in [4.78, 5) is 27.8. The number of halogens is 2. The Balaban J connectivity index is 2.07. The van der Waals surface area contributed by atoms with Gasteiger partial charge < -0.3 is 19.7 Å². The lowest BCUT2D eigenvalue weighted by molar-refractivity contribution is -0.139. The highest BCUT2D eigenvalue weighted by Crippen LogP contribution is 2.32. The fourth-order valence-corrected chi connectivity index (χ4v) is 5.59. The molecule has 0 spiro atoms. The Hall–Kier alpha value is -3.83. The van der Waals surface area contributed by atoms with Crippen LogP contribution in [0, 0.1) is 5.82 Å². The number of nitrogens with zero attached hydrogens (tertiary/aromatic N) is 2. The highest BCUT2D eigenvalue weighted by molar-refractivity contribution is 7.92. The summed E-state index contributed by atoms with van der Waals surface area (Å²) in [5, 5.41) is 3.11. The molecule has 0 aliphatic heterocycles. The molecule has 3 aromatic carbocycles. The number of hydrogen-bond donors (Lipinski definition) is 1. The molecule has 0 saturated carbocycles. The van der Waals surface area contributed by atoms with Gasteiger partial charge in [-0.15, -0.1) is 0 Å². The Labute approximate surface area is 244 Å². The van der Waals surface area contributed by atoms with E-state index >= 15 is 0 Å². The van der Waals surface area contributed by atoms with Crippen LogP contribution in [-0.4, -0.2) is 58.5 Å². The molecule has 1 atom stereocenters. The lowest BCUT2D eigenvalue weighted by Gasteiger charge is -2.32. The third-order valence-corrected chi connectivity index (χ3v) is 8.37. The monoisotopic (exact) mass is 605 g/mol. The molecule has 0 aromatic heterocycles. The van der Waals surface area contributed by atoms with Gasteiger partial charge >= 0.3 is 0 Å². The SMILES string of the molecule is CCCNC(=O)[C@@H](C)N(Cc1ccccc1F)C(=O)CN(c1ccc(Cl)cc1)S(=O)(=O)c1ccc(OC)c(OC)c1. The van der Waals surface area contributed by atoms with Gasteiger partial charge in [-0.1, -0.05) is 36.7 Å². The number of carbonyl (C=O) groups is 2. The van der Waals surface area contributed by atoms with Crippen molar-refractivity contribution in [1.82, 2.24) is 10.2 Å². The van der Waals surface area contributed by atoms with Crippen molar-refractivity contribution in [3.8, 4) is 11.5 Å². The van der Waals surface area contributed by atoms with Gasteiger partial charge in [-0.2, -0.15) is 0 Å². The quantitative estimate of drug-likeness (QED) is 0.304. The van der Waals surface area contributed by atoms with Gasteiger partial charge in [-0.05, 0) is 55.8 Å². The van der Waals surface area contributed by atoms with Crippen LogP contribution in [0.2, 0.25) is 5.02 Å². The Morgan fingerprint density at radius 2 is 1.66 bits per heavy atom. The molecule has 1 N–H and O–H groups in total. The number of sulfonamides is 1. The van der Waals surface area contributed by atoms with E-state index in [9.17, 15) is 22.4 Å². The van der Waals surface area contributed by atoms with Gasteiger partial charge in [0.05, 0.1) is 24.8 Å². The van der Waals surface area contributed by atoms with Crippen molar-refractivity contribution < 1.29 is 31.9 Å². The van der Waals surface area contributed by atoms with Gasteiger partial charge in [-0.25, -0.2) is 12.8 Å². The molecule has 0 radical (unpaired) electrons. The van der Waals surface area contributed by atoms with Crippen LogP contribution in [0.3, 0.4) is 0 Å². The molecular weight excluding hydrogens is 573 g/mol. The van der Waals surface area contributed by atoms with E-state index in [1.165, 1.54) is 81.8 Å². The molecule has 0 heterocycles. The van der Waals surface area contributed by atoms with Gasteiger partial charge in [0.25, 0.3) is 10.0 Å². The second-order valence-electron chi connectivity index (χ2n) is 9.08.